The van der Waals surface area contributed by atoms with Gasteiger partial charge in [-0.1, -0.05) is 55.5 Å². The van der Waals surface area contributed by atoms with E-state index in [-0.39, 0.29) is 11.0 Å². The van der Waals surface area contributed by atoms with Gasteiger partial charge in [-0.25, -0.2) is 4.98 Å². The summed E-state index contributed by atoms with van der Waals surface area (Å²) < 4.78 is 1.44. The summed E-state index contributed by atoms with van der Waals surface area (Å²) in [4.78, 5) is 19.8. The van der Waals surface area contributed by atoms with Crippen LogP contribution in [0, 0.1) is 5.41 Å². The molecule has 1 aromatic carbocycles. The third kappa shape index (κ3) is 3.38. The maximum atomic E-state index is 12.2. The minimum Gasteiger partial charge on any atom is -0.346 e. The van der Waals surface area contributed by atoms with E-state index in [4.69, 9.17) is 0 Å². The fraction of sp³-hybridized carbons (Fsp3) is 0.450. The van der Waals surface area contributed by atoms with Crippen molar-refractivity contribution in [1.29, 1.82) is 0 Å². The van der Waals surface area contributed by atoms with Crippen LogP contribution >= 0.6 is 11.3 Å². The number of hydrogen-bond donors (Lipinski definition) is 0. The van der Waals surface area contributed by atoms with Crippen LogP contribution in [0.25, 0.3) is 4.96 Å². The molecule has 0 spiro atoms. The largest absolute Gasteiger partial charge is 0.346 e. The standard InChI is InChI=1S/C20H24N4OS/c1-3-16-13-17(25)24-18(21-16)26-19(22-24)23-12-11-20(2,14-23)10-9-15-7-5-4-6-8-15/h4-8,13H,3,9-12,14H2,1-2H3. The highest BCUT2D eigenvalue weighted by atomic mass is 32.1. The summed E-state index contributed by atoms with van der Waals surface area (Å²) in [6.07, 6.45) is 4.18. The van der Waals surface area contributed by atoms with Crippen LogP contribution in [-0.4, -0.2) is 27.7 Å². The lowest BCUT2D eigenvalue weighted by molar-refractivity contribution is 0.339. The number of aromatic nitrogens is 3. The highest BCUT2D eigenvalue weighted by molar-refractivity contribution is 7.20. The second-order valence-electron chi connectivity index (χ2n) is 7.49. The van der Waals surface area contributed by atoms with E-state index in [2.05, 4.69) is 52.2 Å². The summed E-state index contributed by atoms with van der Waals surface area (Å²) >= 11 is 1.52. The molecular weight excluding hydrogens is 344 g/mol. The van der Waals surface area contributed by atoms with Crippen LogP contribution < -0.4 is 10.5 Å². The van der Waals surface area contributed by atoms with Crippen molar-refractivity contribution >= 4 is 21.4 Å². The van der Waals surface area contributed by atoms with Gasteiger partial charge < -0.3 is 4.90 Å². The van der Waals surface area contributed by atoms with Gasteiger partial charge in [-0.15, -0.1) is 5.10 Å². The molecule has 0 amide bonds. The Hall–Kier alpha value is -2.21. The van der Waals surface area contributed by atoms with Crippen molar-refractivity contribution in [2.75, 3.05) is 18.0 Å². The van der Waals surface area contributed by atoms with Crippen molar-refractivity contribution in [2.24, 2.45) is 5.41 Å². The number of benzene rings is 1. The van der Waals surface area contributed by atoms with E-state index in [1.165, 1.54) is 21.4 Å². The molecule has 5 nitrogen and oxygen atoms in total. The molecule has 0 N–H and O–H groups in total. The first-order valence-electron chi connectivity index (χ1n) is 9.25. The highest BCUT2D eigenvalue weighted by Gasteiger charge is 2.35. The summed E-state index contributed by atoms with van der Waals surface area (Å²) in [5, 5.41) is 5.45. The van der Waals surface area contributed by atoms with E-state index in [0.717, 1.165) is 49.6 Å². The Balaban J connectivity index is 1.50. The molecule has 0 radical (unpaired) electrons. The summed E-state index contributed by atoms with van der Waals surface area (Å²) in [6.45, 7) is 6.34. The van der Waals surface area contributed by atoms with Crippen LogP contribution in [0.15, 0.2) is 41.2 Å². The van der Waals surface area contributed by atoms with E-state index in [1.54, 1.807) is 6.07 Å². The monoisotopic (exact) mass is 368 g/mol. The molecule has 1 aliphatic rings. The average molecular weight is 369 g/mol. The lowest BCUT2D eigenvalue weighted by Crippen LogP contribution is -2.25. The lowest BCUT2D eigenvalue weighted by Gasteiger charge is -2.24. The molecule has 1 fully saturated rings. The van der Waals surface area contributed by atoms with Gasteiger partial charge in [-0.2, -0.15) is 4.52 Å². The van der Waals surface area contributed by atoms with Gasteiger partial charge >= 0.3 is 0 Å². The van der Waals surface area contributed by atoms with E-state index in [9.17, 15) is 4.79 Å². The second-order valence-corrected chi connectivity index (χ2v) is 8.42. The normalized spacial score (nSPS) is 20.2. The van der Waals surface area contributed by atoms with Crippen LogP contribution in [0.4, 0.5) is 5.13 Å². The van der Waals surface area contributed by atoms with Gasteiger partial charge in [-0.3, -0.25) is 4.79 Å². The Morgan fingerprint density at radius 3 is 2.85 bits per heavy atom. The molecule has 26 heavy (non-hydrogen) atoms. The Morgan fingerprint density at radius 2 is 2.08 bits per heavy atom. The molecule has 3 aromatic rings. The minimum atomic E-state index is -0.0830. The van der Waals surface area contributed by atoms with Gasteiger partial charge in [0, 0.05) is 24.8 Å². The number of rotatable bonds is 5. The lowest BCUT2D eigenvalue weighted by atomic mass is 9.83. The zero-order chi connectivity index (χ0) is 18.1. The molecule has 4 rings (SSSR count). The maximum absolute atomic E-state index is 12.2. The van der Waals surface area contributed by atoms with Crippen molar-refractivity contribution in [3.63, 3.8) is 0 Å². The Bertz CT molecular complexity index is 965. The number of aryl methyl sites for hydroxylation is 2. The first kappa shape index (κ1) is 17.2. The Morgan fingerprint density at radius 1 is 1.27 bits per heavy atom. The van der Waals surface area contributed by atoms with Gasteiger partial charge in [0.2, 0.25) is 10.1 Å². The summed E-state index contributed by atoms with van der Waals surface area (Å²) in [5.41, 5.74) is 2.43. The molecule has 3 heterocycles. The quantitative estimate of drug-likeness (QED) is 0.691. The van der Waals surface area contributed by atoms with E-state index < -0.39 is 0 Å². The first-order valence-corrected chi connectivity index (χ1v) is 10.1. The number of anilines is 1. The minimum absolute atomic E-state index is 0.0830. The van der Waals surface area contributed by atoms with Gasteiger partial charge in [-0.05, 0) is 36.7 Å². The summed E-state index contributed by atoms with van der Waals surface area (Å²) in [6, 6.07) is 12.3. The molecule has 0 bridgehead atoms. The molecule has 1 atom stereocenters. The van der Waals surface area contributed by atoms with Crippen LogP contribution in [0.1, 0.15) is 37.9 Å². The van der Waals surface area contributed by atoms with Gasteiger partial charge in [0.25, 0.3) is 5.56 Å². The predicted molar refractivity (Wildman–Crippen MR) is 106 cm³/mol. The maximum Gasteiger partial charge on any atom is 0.275 e. The molecule has 136 valence electrons. The number of hydrogen-bond acceptors (Lipinski definition) is 5. The Labute approximate surface area is 157 Å². The molecule has 6 heteroatoms. The predicted octanol–water partition coefficient (Wildman–Crippen LogP) is 3.56. The first-order chi connectivity index (χ1) is 12.6. The van der Waals surface area contributed by atoms with Crippen molar-refractivity contribution in [2.45, 2.75) is 39.5 Å². The molecular formula is C20H24N4OS. The van der Waals surface area contributed by atoms with Crippen LogP contribution in [0.3, 0.4) is 0 Å². The van der Waals surface area contributed by atoms with Gasteiger partial charge in [0.05, 0.1) is 0 Å². The Kier molecular flexibility index (Phi) is 4.53. The van der Waals surface area contributed by atoms with Crippen molar-refractivity contribution < 1.29 is 0 Å². The van der Waals surface area contributed by atoms with E-state index in [1.807, 2.05) is 6.92 Å². The van der Waals surface area contributed by atoms with Crippen LogP contribution in [-0.2, 0) is 12.8 Å². The van der Waals surface area contributed by atoms with Gasteiger partial charge in [0.15, 0.2) is 0 Å². The third-order valence-corrected chi connectivity index (χ3v) is 6.31. The summed E-state index contributed by atoms with van der Waals surface area (Å²) in [5.74, 6) is 0. The fourth-order valence-corrected chi connectivity index (χ4v) is 4.59. The molecule has 1 unspecified atom stereocenters. The zero-order valence-corrected chi connectivity index (χ0v) is 16.1. The van der Waals surface area contributed by atoms with E-state index in [0.29, 0.717) is 4.96 Å². The molecule has 1 saturated heterocycles. The number of fused-ring (bicyclic) bond motifs is 1. The van der Waals surface area contributed by atoms with Gasteiger partial charge in [0.1, 0.15) is 0 Å². The van der Waals surface area contributed by atoms with Crippen molar-refractivity contribution in [3.05, 3.63) is 58.0 Å². The summed E-state index contributed by atoms with van der Waals surface area (Å²) in [7, 11) is 0. The SMILES string of the molecule is CCc1cc(=O)n2nc(N3CCC(C)(CCc4ccccc4)C3)sc2n1. The van der Waals surface area contributed by atoms with E-state index >= 15 is 0 Å². The molecule has 0 saturated carbocycles. The van der Waals surface area contributed by atoms with Crippen LogP contribution in [0.5, 0.6) is 0 Å². The topological polar surface area (TPSA) is 50.5 Å². The van der Waals surface area contributed by atoms with Crippen LogP contribution in [0.2, 0.25) is 0 Å². The molecule has 0 aliphatic carbocycles. The number of nitrogens with zero attached hydrogens (tertiary/aromatic N) is 4. The second kappa shape index (κ2) is 6.83. The third-order valence-electron chi connectivity index (χ3n) is 5.34. The fourth-order valence-electron chi connectivity index (χ4n) is 3.64. The van der Waals surface area contributed by atoms with Crippen molar-refractivity contribution in [3.8, 4) is 0 Å². The highest BCUT2D eigenvalue weighted by Crippen LogP contribution is 2.38. The molecule has 2 aromatic heterocycles. The smallest absolute Gasteiger partial charge is 0.275 e. The average Bonchev–Trinajstić information content (AvgIpc) is 3.25. The molecule has 1 aliphatic heterocycles. The van der Waals surface area contributed by atoms with Crippen molar-refractivity contribution in [1.82, 2.24) is 14.6 Å². The zero-order valence-electron chi connectivity index (χ0n) is 15.3.